The van der Waals surface area contributed by atoms with Gasteiger partial charge in [-0.1, -0.05) is 23.7 Å². The topological polar surface area (TPSA) is 88.7 Å². The van der Waals surface area contributed by atoms with Gasteiger partial charge in [-0.15, -0.1) is 11.3 Å². The van der Waals surface area contributed by atoms with Gasteiger partial charge in [-0.2, -0.15) is 13.2 Å². The molecule has 1 aromatic carbocycles. The van der Waals surface area contributed by atoms with Gasteiger partial charge in [-0.25, -0.2) is 13.6 Å². The number of rotatable bonds is 4. The number of halogens is 4. The molecule has 0 radical (unpaired) electrons. The molecule has 4 rings (SSSR count). The number of primary sulfonamides is 1. The van der Waals surface area contributed by atoms with Crippen LogP contribution in [0.25, 0.3) is 10.6 Å². The summed E-state index contributed by atoms with van der Waals surface area (Å²) in [6.07, 6.45) is -2.30. The molecule has 12 heteroatoms. The van der Waals surface area contributed by atoms with Crippen LogP contribution in [0.1, 0.15) is 5.56 Å². The first-order valence-corrected chi connectivity index (χ1v) is 11.7. The van der Waals surface area contributed by atoms with Crippen LogP contribution < -0.4 is 10.0 Å². The second-order valence-electron chi connectivity index (χ2n) is 6.71. The van der Waals surface area contributed by atoms with E-state index in [1.54, 1.807) is 24.3 Å². The first-order valence-electron chi connectivity index (χ1n) is 8.98. The van der Waals surface area contributed by atoms with E-state index in [1.165, 1.54) is 30.5 Å². The van der Waals surface area contributed by atoms with Gasteiger partial charge in [0.25, 0.3) is 0 Å². The average Bonchev–Trinajstić information content (AvgIpc) is 3.24. The van der Waals surface area contributed by atoms with Crippen molar-refractivity contribution < 1.29 is 21.6 Å². The largest absolute Gasteiger partial charge is 0.431 e. The molecule has 2 N–H and O–H groups in total. The fraction of sp³-hybridized carbons (Fsp3) is 0.100. The Morgan fingerprint density at radius 3 is 2.44 bits per heavy atom. The van der Waals surface area contributed by atoms with Gasteiger partial charge in [0.05, 0.1) is 16.3 Å². The second kappa shape index (κ2) is 8.32. The normalized spacial score (nSPS) is 14.8. The summed E-state index contributed by atoms with van der Waals surface area (Å²) >= 11 is 6.74. The third-order valence-electron chi connectivity index (χ3n) is 4.55. The van der Waals surface area contributed by atoms with E-state index in [0.29, 0.717) is 21.2 Å². The number of sulfonamides is 1. The number of hydrogen-bond acceptors (Lipinski definition) is 6. The molecular weight excluding hydrogens is 485 g/mol. The van der Waals surface area contributed by atoms with Crippen molar-refractivity contribution in [3.63, 3.8) is 0 Å². The van der Waals surface area contributed by atoms with E-state index in [-0.39, 0.29) is 22.3 Å². The number of nitrogens with two attached hydrogens (primary N) is 1. The lowest BCUT2D eigenvalue weighted by Crippen LogP contribution is -2.35. The molecular formula is C20H14ClF3N4O2S2. The standard InChI is InChI=1S/C20H14ClF3N4O2S2/c21-13-3-1-12(2-4-13)15-10-18(20(22,23)24)28(11-27-15)14-7-8-26-16(9-14)17-5-6-19(31-17)32(25,29)30/h1-10H,11H2,(H2,25,29,30). The Kier molecular flexibility index (Phi) is 5.84. The molecule has 0 saturated carbocycles. The fourth-order valence-corrected chi connectivity index (χ4v) is 4.88. The van der Waals surface area contributed by atoms with E-state index < -0.39 is 21.9 Å². The SMILES string of the molecule is NS(=O)(=O)c1ccc(-c2cc(N3CN=C(c4ccc(Cl)cc4)C=C3C(F)(F)F)ccn2)s1. The summed E-state index contributed by atoms with van der Waals surface area (Å²) in [6, 6.07) is 12.1. The van der Waals surface area contributed by atoms with E-state index in [1.807, 2.05) is 0 Å². The number of alkyl halides is 3. The highest BCUT2D eigenvalue weighted by Crippen LogP contribution is 2.36. The number of allylic oxidation sites excluding steroid dienone is 2. The van der Waals surface area contributed by atoms with Crippen molar-refractivity contribution in [2.24, 2.45) is 10.1 Å². The molecule has 6 nitrogen and oxygen atoms in total. The van der Waals surface area contributed by atoms with E-state index in [0.717, 1.165) is 22.3 Å². The maximum Gasteiger partial charge on any atom is 0.431 e. The van der Waals surface area contributed by atoms with Crippen LogP contribution in [0, 0.1) is 0 Å². The number of aromatic nitrogens is 1. The predicted octanol–water partition coefficient (Wildman–Crippen LogP) is 4.82. The zero-order chi connectivity index (χ0) is 23.1. The molecule has 2 aromatic heterocycles. The zero-order valence-electron chi connectivity index (χ0n) is 16.0. The molecule has 166 valence electrons. The molecule has 0 bridgehead atoms. The molecule has 3 aromatic rings. The lowest BCUT2D eigenvalue weighted by Gasteiger charge is -2.30. The number of nitrogens with zero attached hydrogens (tertiary/aromatic N) is 3. The summed E-state index contributed by atoms with van der Waals surface area (Å²) in [5.41, 5.74) is 0.348. The van der Waals surface area contributed by atoms with Crippen molar-refractivity contribution in [1.82, 2.24) is 4.98 Å². The number of aliphatic imine (C=N–C) groups is 1. The number of pyridine rings is 1. The Morgan fingerprint density at radius 2 is 1.81 bits per heavy atom. The summed E-state index contributed by atoms with van der Waals surface area (Å²) in [5.74, 6) is 0. The maximum absolute atomic E-state index is 13.9. The minimum Gasteiger partial charge on any atom is -0.317 e. The Hall–Kier alpha value is -2.73. The predicted molar refractivity (Wildman–Crippen MR) is 118 cm³/mol. The van der Waals surface area contributed by atoms with Crippen molar-refractivity contribution in [2.45, 2.75) is 10.4 Å². The maximum atomic E-state index is 13.9. The molecule has 1 aliphatic heterocycles. The first kappa shape index (κ1) is 22.5. The molecule has 0 aliphatic carbocycles. The smallest absolute Gasteiger partial charge is 0.317 e. The van der Waals surface area contributed by atoms with Crippen LogP contribution >= 0.6 is 22.9 Å². The van der Waals surface area contributed by atoms with E-state index >= 15 is 0 Å². The van der Waals surface area contributed by atoms with Gasteiger partial charge >= 0.3 is 6.18 Å². The van der Waals surface area contributed by atoms with Crippen LogP contribution in [0.5, 0.6) is 0 Å². The first-order chi connectivity index (χ1) is 15.0. The molecule has 0 amide bonds. The highest BCUT2D eigenvalue weighted by atomic mass is 35.5. The molecule has 32 heavy (non-hydrogen) atoms. The Bertz CT molecular complexity index is 1330. The van der Waals surface area contributed by atoms with Crippen LogP contribution in [0.3, 0.4) is 0 Å². The number of hydrogen-bond donors (Lipinski definition) is 1. The molecule has 0 spiro atoms. The van der Waals surface area contributed by atoms with Crippen molar-refractivity contribution in [1.29, 1.82) is 0 Å². The zero-order valence-corrected chi connectivity index (χ0v) is 18.4. The van der Waals surface area contributed by atoms with Gasteiger partial charge in [-0.3, -0.25) is 9.98 Å². The Morgan fingerprint density at radius 1 is 1.09 bits per heavy atom. The molecule has 0 unspecified atom stereocenters. The average molecular weight is 499 g/mol. The van der Waals surface area contributed by atoms with Gasteiger partial charge in [-0.05, 0) is 48.0 Å². The number of anilines is 1. The molecule has 0 saturated heterocycles. The Labute approximate surface area is 190 Å². The lowest BCUT2D eigenvalue weighted by molar-refractivity contribution is -0.0934. The van der Waals surface area contributed by atoms with Crippen molar-refractivity contribution in [3.05, 3.63) is 77.1 Å². The highest BCUT2D eigenvalue weighted by Gasteiger charge is 2.40. The summed E-state index contributed by atoms with van der Waals surface area (Å²) in [5, 5.41) is 5.60. The lowest BCUT2D eigenvalue weighted by atomic mass is 10.1. The third kappa shape index (κ3) is 4.70. The summed E-state index contributed by atoms with van der Waals surface area (Å²) in [6.45, 7) is -0.264. The van der Waals surface area contributed by atoms with Crippen molar-refractivity contribution >= 4 is 44.4 Å². The highest BCUT2D eigenvalue weighted by molar-refractivity contribution is 7.91. The Balaban J connectivity index is 1.70. The minimum absolute atomic E-state index is 0.0641. The van der Waals surface area contributed by atoms with E-state index in [2.05, 4.69) is 9.98 Å². The molecule has 0 fully saturated rings. The number of thiophene rings is 1. The van der Waals surface area contributed by atoms with Crippen molar-refractivity contribution in [3.8, 4) is 10.6 Å². The quantitative estimate of drug-likeness (QED) is 0.558. The van der Waals surface area contributed by atoms with Gasteiger partial charge in [0.1, 0.15) is 16.6 Å². The second-order valence-corrected chi connectivity index (χ2v) is 10.0. The van der Waals surface area contributed by atoms with Gasteiger partial charge < -0.3 is 4.90 Å². The molecule has 1 aliphatic rings. The molecule has 3 heterocycles. The van der Waals surface area contributed by atoms with Gasteiger partial charge in [0.15, 0.2) is 0 Å². The van der Waals surface area contributed by atoms with Crippen LogP contribution in [0.15, 0.2) is 75.7 Å². The van der Waals surface area contributed by atoms with Gasteiger partial charge in [0, 0.05) is 16.9 Å². The van der Waals surface area contributed by atoms with Gasteiger partial charge in [0.2, 0.25) is 10.0 Å². The summed E-state index contributed by atoms with van der Waals surface area (Å²) in [7, 11) is -3.89. The van der Waals surface area contributed by atoms with Crippen LogP contribution in [-0.2, 0) is 10.0 Å². The fourth-order valence-electron chi connectivity index (χ4n) is 3.06. The van der Waals surface area contributed by atoms with Crippen LogP contribution in [-0.4, -0.2) is 32.0 Å². The van der Waals surface area contributed by atoms with E-state index in [9.17, 15) is 21.6 Å². The monoisotopic (exact) mass is 498 g/mol. The third-order valence-corrected chi connectivity index (χ3v) is 7.34. The van der Waals surface area contributed by atoms with E-state index in [4.69, 9.17) is 16.7 Å². The summed E-state index contributed by atoms with van der Waals surface area (Å²) < 4.78 is 64.7. The van der Waals surface area contributed by atoms with Crippen LogP contribution in [0.2, 0.25) is 5.02 Å². The van der Waals surface area contributed by atoms with Crippen molar-refractivity contribution in [2.75, 3.05) is 11.6 Å². The number of benzene rings is 1. The minimum atomic E-state index is -4.64. The van der Waals surface area contributed by atoms with Crippen LogP contribution in [0.4, 0.5) is 18.9 Å². The molecule has 0 atom stereocenters. The summed E-state index contributed by atoms with van der Waals surface area (Å²) in [4.78, 5) is 9.94.